The number of furan rings is 1. The molecule has 1 amide bonds. The van der Waals surface area contributed by atoms with Crippen LogP contribution < -0.4 is 0 Å². The Balaban J connectivity index is 1.49. The molecule has 0 bridgehead atoms. The molecule has 4 rings (SSSR count). The Labute approximate surface area is 146 Å². The van der Waals surface area contributed by atoms with E-state index in [0.29, 0.717) is 6.42 Å². The van der Waals surface area contributed by atoms with Crippen molar-refractivity contribution >= 4 is 22.8 Å². The first-order valence-corrected chi connectivity index (χ1v) is 9.71. The van der Waals surface area contributed by atoms with Crippen molar-refractivity contribution in [2.75, 3.05) is 19.6 Å². The van der Waals surface area contributed by atoms with Crippen molar-refractivity contribution in [3.63, 3.8) is 0 Å². The number of carbonyl (C=O) groups is 1. The average molecular weight is 345 g/mol. The van der Waals surface area contributed by atoms with Crippen LogP contribution in [-0.2, 0) is 4.79 Å². The zero-order valence-corrected chi connectivity index (χ0v) is 14.6. The summed E-state index contributed by atoms with van der Waals surface area (Å²) in [7, 11) is 0. The van der Waals surface area contributed by atoms with Gasteiger partial charge in [0.1, 0.15) is 5.76 Å². The number of aliphatic imine (C=N–C) groups is 1. The number of hydrogen-bond acceptors (Lipinski definition) is 5. The van der Waals surface area contributed by atoms with E-state index in [0.717, 1.165) is 61.9 Å². The lowest BCUT2D eigenvalue weighted by atomic mass is 10.1. The highest BCUT2D eigenvalue weighted by Gasteiger charge is 2.32. The molecular weight excluding hydrogens is 322 g/mol. The average Bonchev–Trinajstić information content (AvgIpc) is 3.20. The molecule has 5 nitrogen and oxygen atoms in total. The van der Waals surface area contributed by atoms with Gasteiger partial charge in [-0.2, -0.15) is 0 Å². The second-order valence-electron chi connectivity index (χ2n) is 6.54. The Kier molecular flexibility index (Phi) is 4.65. The molecule has 24 heavy (non-hydrogen) atoms. The number of amides is 1. The minimum atomic E-state index is 0.0825. The third-order valence-corrected chi connectivity index (χ3v) is 5.89. The van der Waals surface area contributed by atoms with E-state index in [9.17, 15) is 4.79 Å². The van der Waals surface area contributed by atoms with E-state index in [2.05, 4.69) is 15.3 Å². The lowest BCUT2D eigenvalue weighted by Crippen LogP contribution is -2.37. The number of nitrogens with zero attached hydrogens (tertiary/aromatic N) is 3. The molecule has 1 atom stereocenters. The van der Waals surface area contributed by atoms with Gasteiger partial charge in [-0.1, -0.05) is 24.6 Å². The van der Waals surface area contributed by atoms with Gasteiger partial charge in [0.05, 0.1) is 18.7 Å². The Morgan fingerprint density at radius 3 is 3.12 bits per heavy atom. The van der Waals surface area contributed by atoms with E-state index in [4.69, 9.17) is 4.42 Å². The first-order chi connectivity index (χ1) is 11.8. The SMILES string of the molecule is O=C(CC1=CSC2=NCCCN12)N1CCCCC[C@@H]1c1ccco1. The molecule has 0 saturated carbocycles. The van der Waals surface area contributed by atoms with Crippen LogP contribution in [0.5, 0.6) is 0 Å². The molecule has 0 radical (unpaired) electrons. The first kappa shape index (κ1) is 15.8. The summed E-state index contributed by atoms with van der Waals surface area (Å²) in [6.45, 7) is 2.71. The van der Waals surface area contributed by atoms with Crippen LogP contribution in [0.4, 0.5) is 0 Å². The highest BCUT2D eigenvalue weighted by atomic mass is 32.2. The maximum absolute atomic E-state index is 13.1. The number of fused-ring (bicyclic) bond motifs is 1. The second-order valence-corrected chi connectivity index (χ2v) is 7.38. The monoisotopic (exact) mass is 345 g/mol. The van der Waals surface area contributed by atoms with Crippen molar-refractivity contribution in [2.24, 2.45) is 4.99 Å². The molecular formula is C18H23N3O2S. The lowest BCUT2D eigenvalue weighted by Gasteiger charge is -2.31. The zero-order valence-electron chi connectivity index (χ0n) is 13.8. The number of likely N-dealkylation sites (tertiary alicyclic amines) is 1. The number of amidine groups is 1. The minimum Gasteiger partial charge on any atom is -0.467 e. The topological polar surface area (TPSA) is 49.1 Å². The highest BCUT2D eigenvalue weighted by molar-refractivity contribution is 8.16. The Bertz CT molecular complexity index is 653. The fourth-order valence-corrected chi connectivity index (χ4v) is 4.67. The van der Waals surface area contributed by atoms with Crippen LogP contribution in [0.15, 0.2) is 38.9 Å². The molecule has 0 aromatic carbocycles. The van der Waals surface area contributed by atoms with Crippen LogP contribution in [-0.4, -0.2) is 40.5 Å². The predicted octanol–water partition coefficient (Wildman–Crippen LogP) is 3.76. The van der Waals surface area contributed by atoms with Gasteiger partial charge in [0.2, 0.25) is 5.91 Å². The van der Waals surface area contributed by atoms with Gasteiger partial charge < -0.3 is 14.2 Å². The summed E-state index contributed by atoms with van der Waals surface area (Å²) in [5, 5.41) is 3.16. The first-order valence-electron chi connectivity index (χ1n) is 8.83. The van der Waals surface area contributed by atoms with Crippen molar-refractivity contribution in [2.45, 2.75) is 44.6 Å². The smallest absolute Gasteiger partial charge is 0.229 e. The summed E-state index contributed by atoms with van der Waals surface area (Å²) in [6, 6.07) is 3.99. The van der Waals surface area contributed by atoms with Gasteiger partial charge in [0, 0.05) is 25.3 Å². The van der Waals surface area contributed by atoms with Gasteiger partial charge in [0.25, 0.3) is 0 Å². The van der Waals surface area contributed by atoms with E-state index in [1.165, 1.54) is 6.42 Å². The summed E-state index contributed by atoms with van der Waals surface area (Å²) >= 11 is 1.65. The van der Waals surface area contributed by atoms with Crippen molar-refractivity contribution in [1.82, 2.24) is 9.80 Å². The Morgan fingerprint density at radius 1 is 1.29 bits per heavy atom. The summed E-state index contributed by atoms with van der Waals surface area (Å²) in [6.07, 6.45) is 7.63. The maximum Gasteiger partial charge on any atom is 0.229 e. The second kappa shape index (κ2) is 7.05. The highest BCUT2D eigenvalue weighted by Crippen LogP contribution is 2.34. The standard InChI is InChI=1S/C18H23N3O2S/c22-17(12-14-13-24-18-19-8-5-10-20(14)18)21-9-3-1-2-6-15(21)16-7-4-11-23-16/h4,7,11,13,15H,1-3,5-6,8-10,12H2/t15-/m1/s1. The molecule has 0 N–H and O–H groups in total. The van der Waals surface area contributed by atoms with Crippen molar-refractivity contribution in [3.8, 4) is 0 Å². The normalized spacial score (nSPS) is 24.2. The third-order valence-electron chi connectivity index (χ3n) is 4.94. The molecule has 4 heterocycles. The van der Waals surface area contributed by atoms with Crippen LogP contribution in [0.2, 0.25) is 0 Å². The van der Waals surface area contributed by atoms with Gasteiger partial charge in [-0.15, -0.1) is 0 Å². The molecule has 1 aromatic rings. The number of hydrogen-bond donors (Lipinski definition) is 0. The van der Waals surface area contributed by atoms with Crippen LogP contribution in [0.25, 0.3) is 0 Å². The molecule has 0 aliphatic carbocycles. The minimum absolute atomic E-state index is 0.0825. The predicted molar refractivity (Wildman–Crippen MR) is 95.5 cm³/mol. The molecule has 3 aliphatic rings. The van der Waals surface area contributed by atoms with Crippen LogP contribution >= 0.6 is 11.8 Å². The van der Waals surface area contributed by atoms with E-state index in [1.54, 1.807) is 18.0 Å². The van der Waals surface area contributed by atoms with Gasteiger partial charge >= 0.3 is 0 Å². The van der Waals surface area contributed by atoms with E-state index in [1.807, 2.05) is 17.0 Å². The van der Waals surface area contributed by atoms with Gasteiger partial charge in [-0.05, 0) is 36.8 Å². The quantitative estimate of drug-likeness (QED) is 0.837. The molecule has 128 valence electrons. The number of rotatable bonds is 3. The summed E-state index contributed by atoms with van der Waals surface area (Å²) in [5.41, 5.74) is 1.10. The van der Waals surface area contributed by atoms with Crippen molar-refractivity contribution in [3.05, 3.63) is 35.3 Å². The molecule has 1 fully saturated rings. The summed E-state index contributed by atoms with van der Waals surface area (Å²) in [5.74, 6) is 1.12. The molecule has 0 unspecified atom stereocenters. The van der Waals surface area contributed by atoms with Crippen LogP contribution in [0.3, 0.4) is 0 Å². The van der Waals surface area contributed by atoms with Crippen LogP contribution in [0.1, 0.15) is 50.3 Å². The van der Waals surface area contributed by atoms with Crippen molar-refractivity contribution < 1.29 is 9.21 Å². The third kappa shape index (κ3) is 3.11. The maximum atomic E-state index is 13.1. The Hall–Kier alpha value is -1.69. The summed E-state index contributed by atoms with van der Waals surface area (Å²) < 4.78 is 5.62. The van der Waals surface area contributed by atoms with Crippen LogP contribution in [0, 0.1) is 0 Å². The van der Waals surface area contributed by atoms with Gasteiger partial charge in [-0.3, -0.25) is 9.79 Å². The van der Waals surface area contributed by atoms with Gasteiger partial charge in [-0.25, -0.2) is 0 Å². The van der Waals surface area contributed by atoms with Gasteiger partial charge in [0.15, 0.2) is 5.17 Å². The largest absolute Gasteiger partial charge is 0.467 e. The van der Waals surface area contributed by atoms with E-state index in [-0.39, 0.29) is 11.9 Å². The molecule has 6 heteroatoms. The number of carbonyl (C=O) groups excluding carboxylic acids is 1. The van der Waals surface area contributed by atoms with E-state index >= 15 is 0 Å². The summed E-state index contributed by atoms with van der Waals surface area (Å²) in [4.78, 5) is 21.9. The van der Waals surface area contributed by atoms with Crippen molar-refractivity contribution in [1.29, 1.82) is 0 Å². The Morgan fingerprint density at radius 2 is 2.25 bits per heavy atom. The fourth-order valence-electron chi connectivity index (χ4n) is 3.71. The lowest BCUT2D eigenvalue weighted by molar-refractivity contribution is -0.133. The molecule has 1 aromatic heterocycles. The zero-order chi connectivity index (χ0) is 16.4. The fraction of sp³-hybridized carbons (Fsp3) is 0.556. The molecule has 3 aliphatic heterocycles. The molecule has 0 spiro atoms. The molecule has 1 saturated heterocycles. The number of thioether (sulfide) groups is 1. The van der Waals surface area contributed by atoms with E-state index < -0.39 is 0 Å².